The molecule has 8 nitrogen and oxygen atoms in total. The van der Waals surface area contributed by atoms with Gasteiger partial charge in [0.25, 0.3) is 5.91 Å². The van der Waals surface area contributed by atoms with Crippen LogP contribution < -0.4 is 20.4 Å². The predicted octanol–water partition coefficient (Wildman–Crippen LogP) is 2.24. The van der Waals surface area contributed by atoms with E-state index in [1.807, 2.05) is 4.90 Å². The van der Waals surface area contributed by atoms with Gasteiger partial charge in [-0.15, -0.1) is 0 Å². The summed E-state index contributed by atoms with van der Waals surface area (Å²) in [5.41, 5.74) is 3.89. The van der Waals surface area contributed by atoms with Crippen molar-refractivity contribution in [3.8, 4) is 17.6 Å². The first-order chi connectivity index (χ1) is 16.0. The molecule has 0 radical (unpaired) electrons. The summed E-state index contributed by atoms with van der Waals surface area (Å²) >= 11 is 0. The minimum Gasteiger partial charge on any atom is -0.495 e. The van der Waals surface area contributed by atoms with Gasteiger partial charge in [-0.25, -0.2) is 9.87 Å². The van der Waals surface area contributed by atoms with Gasteiger partial charge in [-0.2, -0.15) is 0 Å². The molecule has 0 saturated carbocycles. The molecule has 2 aromatic carbocycles. The second-order valence-electron chi connectivity index (χ2n) is 7.31. The molecule has 0 bridgehead atoms. The van der Waals surface area contributed by atoms with Crippen LogP contribution in [0.1, 0.15) is 34.3 Å². The Balaban J connectivity index is 1.71. The van der Waals surface area contributed by atoms with E-state index < -0.39 is 11.7 Å². The molecule has 2 amide bonds. The van der Waals surface area contributed by atoms with E-state index in [1.165, 1.54) is 19.2 Å². The summed E-state index contributed by atoms with van der Waals surface area (Å²) in [4.78, 5) is 26.0. The molecule has 174 valence electrons. The van der Waals surface area contributed by atoms with E-state index in [4.69, 9.17) is 14.7 Å². The maximum absolute atomic E-state index is 13.9. The lowest BCUT2D eigenvalue weighted by molar-refractivity contribution is -0.129. The first-order valence-corrected chi connectivity index (χ1v) is 10.5. The summed E-state index contributed by atoms with van der Waals surface area (Å²) in [5, 5.41) is 11.4. The number of ether oxygens (including phenoxy) is 2. The first-order valence-electron chi connectivity index (χ1n) is 10.5. The summed E-state index contributed by atoms with van der Waals surface area (Å²) in [6, 6.07) is 9.54. The maximum Gasteiger partial charge on any atom is 0.253 e. The minimum atomic E-state index is -0.512. The predicted molar refractivity (Wildman–Crippen MR) is 120 cm³/mol. The molecule has 0 aliphatic carbocycles. The normalized spacial score (nSPS) is 13.0. The zero-order valence-electron chi connectivity index (χ0n) is 18.3. The van der Waals surface area contributed by atoms with Crippen LogP contribution in [0.4, 0.5) is 10.1 Å². The lowest BCUT2D eigenvalue weighted by Gasteiger charge is -2.30. The van der Waals surface area contributed by atoms with Gasteiger partial charge < -0.3 is 19.7 Å². The van der Waals surface area contributed by atoms with Crippen molar-refractivity contribution in [2.24, 2.45) is 0 Å². The van der Waals surface area contributed by atoms with Crippen LogP contribution in [0.2, 0.25) is 0 Å². The Morgan fingerprint density at radius 3 is 2.73 bits per heavy atom. The molecule has 1 aliphatic heterocycles. The van der Waals surface area contributed by atoms with Gasteiger partial charge in [0.15, 0.2) is 0 Å². The number of carbonyl (C=O) groups excluding carboxylic acids is 2. The quantitative estimate of drug-likeness (QED) is 0.336. The SMILES string of the molecule is COc1ccc(CNC(=O)c2cc(F)ccc2N2CCOCC2)cc1C#CCCC(=O)NO. The number of rotatable bonds is 7. The lowest BCUT2D eigenvalue weighted by atomic mass is 10.1. The van der Waals surface area contributed by atoms with E-state index in [0.717, 1.165) is 5.56 Å². The number of nitrogens with zero attached hydrogens (tertiary/aromatic N) is 1. The number of hydrogen-bond acceptors (Lipinski definition) is 6. The molecule has 2 aromatic rings. The molecule has 0 unspecified atom stereocenters. The van der Waals surface area contributed by atoms with Crippen LogP contribution >= 0.6 is 0 Å². The first kappa shape index (κ1) is 24.0. The van der Waals surface area contributed by atoms with Crippen molar-refractivity contribution in [3.63, 3.8) is 0 Å². The second-order valence-corrected chi connectivity index (χ2v) is 7.31. The summed E-state index contributed by atoms with van der Waals surface area (Å²) in [6.45, 7) is 2.58. The highest BCUT2D eigenvalue weighted by atomic mass is 19.1. The fraction of sp³-hybridized carbons (Fsp3) is 0.333. The molecule has 1 fully saturated rings. The Bertz CT molecular complexity index is 1060. The van der Waals surface area contributed by atoms with Gasteiger partial charge in [-0.05, 0) is 35.9 Å². The molecule has 1 aliphatic rings. The highest BCUT2D eigenvalue weighted by Gasteiger charge is 2.19. The van der Waals surface area contributed by atoms with Crippen LogP contribution in [0.15, 0.2) is 36.4 Å². The highest BCUT2D eigenvalue weighted by molar-refractivity contribution is 5.99. The molecule has 0 spiro atoms. The molecule has 1 saturated heterocycles. The summed E-state index contributed by atoms with van der Waals surface area (Å²) in [6.07, 6.45) is 0.334. The Hall–Kier alpha value is -3.61. The third-order valence-electron chi connectivity index (χ3n) is 5.10. The minimum absolute atomic E-state index is 0.0701. The zero-order chi connectivity index (χ0) is 23.6. The number of amides is 2. The van der Waals surface area contributed by atoms with Gasteiger partial charge in [0.2, 0.25) is 5.91 Å². The number of benzene rings is 2. The number of morpholine rings is 1. The fourth-order valence-electron chi connectivity index (χ4n) is 3.40. The van der Waals surface area contributed by atoms with Gasteiger partial charge in [-0.3, -0.25) is 14.8 Å². The largest absolute Gasteiger partial charge is 0.495 e. The van der Waals surface area contributed by atoms with E-state index in [0.29, 0.717) is 43.3 Å². The third kappa shape index (κ3) is 6.68. The van der Waals surface area contributed by atoms with Crippen molar-refractivity contribution in [3.05, 3.63) is 58.9 Å². The number of halogens is 1. The molecule has 3 rings (SSSR count). The Morgan fingerprint density at radius 2 is 2.00 bits per heavy atom. The smallest absolute Gasteiger partial charge is 0.253 e. The fourth-order valence-corrected chi connectivity index (χ4v) is 3.40. The number of hydrogen-bond donors (Lipinski definition) is 3. The monoisotopic (exact) mass is 455 g/mol. The van der Waals surface area contributed by atoms with Crippen molar-refractivity contribution in [1.82, 2.24) is 10.8 Å². The summed E-state index contributed by atoms with van der Waals surface area (Å²) in [5.74, 6) is 5.00. The zero-order valence-corrected chi connectivity index (χ0v) is 18.3. The Morgan fingerprint density at radius 1 is 1.21 bits per heavy atom. The molecular weight excluding hydrogens is 429 g/mol. The Labute approximate surface area is 191 Å². The summed E-state index contributed by atoms with van der Waals surface area (Å²) < 4.78 is 24.6. The Kier molecular flexibility index (Phi) is 8.63. The van der Waals surface area contributed by atoms with E-state index >= 15 is 0 Å². The van der Waals surface area contributed by atoms with Gasteiger partial charge in [0.1, 0.15) is 11.6 Å². The third-order valence-corrected chi connectivity index (χ3v) is 5.10. The van der Waals surface area contributed by atoms with E-state index in [9.17, 15) is 14.0 Å². The van der Waals surface area contributed by atoms with E-state index in [2.05, 4.69) is 17.2 Å². The van der Waals surface area contributed by atoms with E-state index in [1.54, 1.807) is 29.7 Å². The molecule has 0 atom stereocenters. The van der Waals surface area contributed by atoms with Crippen molar-refractivity contribution < 1.29 is 28.7 Å². The van der Waals surface area contributed by atoms with Gasteiger partial charge in [-0.1, -0.05) is 17.9 Å². The maximum atomic E-state index is 13.9. The number of nitrogens with one attached hydrogen (secondary N) is 2. The molecule has 3 N–H and O–H groups in total. The number of hydroxylamine groups is 1. The average molecular weight is 455 g/mol. The van der Waals surface area contributed by atoms with Crippen molar-refractivity contribution >= 4 is 17.5 Å². The number of anilines is 1. The summed E-state index contributed by atoms with van der Waals surface area (Å²) in [7, 11) is 1.53. The van der Waals surface area contributed by atoms with Crippen molar-refractivity contribution in [2.75, 3.05) is 38.3 Å². The average Bonchev–Trinajstić information content (AvgIpc) is 2.85. The molecule has 33 heavy (non-hydrogen) atoms. The van der Waals surface area contributed by atoms with Crippen LogP contribution in [0, 0.1) is 17.7 Å². The standard InChI is InChI=1S/C24H26FN3O5/c1-32-22-9-6-17(14-18(22)4-2-3-5-23(29)27-31)16-26-24(30)20-15-19(25)7-8-21(20)28-10-12-33-13-11-28/h6-9,14-15,31H,3,5,10-13,16H2,1H3,(H,26,30)(H,27,29). The van der Waals surface area contributed by atoms with Crippen molar-refractivity contribution in [2.45, 2.75) is 19.4 Å². The van der Waals surface area contributed by atoms with Crippen molar-refractivity contribution in [1.29, 1.82) is 0 Å². The van der Waals surface area contributed by atoms with E-state index in [-0.39, 0.29) is 30.9 Å². The molecule has 1 heterocycles. The van der Waals surface area contributed by atoms with Gasteiger partial charge >= 0.3 is 0 Å². The molecule has 9 heteroatoms. The molecule has 0 aromatic heterocycles. The topological polar surface area (TPSA) is 100 Å². The van der Waals surface area contributed by atoms with Crippen LogP contribution in [0.5, 0.6) is 5.75 Å². The van der Waals surface area contributed by atoms with Gasteiger partial charge in [0.05, 0.1) is 31.5 Å². The van der Waals surface area contributed by atoms with Crippen LogP contribution in [0.3, 0.4) is 0 Å². The van der Waals surface area contributed by atoms with Crippen LogP contribution in [-0.2, 0) is 16.1 Å². The highest BCUT2D eigenvalue weighted by Crippen LogP contribution is 2.23. The molecular formula is C24H26FN3O5. The van der Waals surface area contributed by atoms with Crippen LogP contribution in [0.25, 0.3) is 0 Å². The number of methoxy groups -OCH3 is 1. The van der Waals surface area contributed by atoms with Crippen LogP contribution in [-0.4, -0.2) is 50.4 Å². The second kappa shape index (κ2) is 11.9. The number of carbonyl (C=O) groups is 2. The van der Waals surface area contributed by atoms with Gasteiger partial charge in [0, 0.05) is 38.2 Å². The lowest BCUT2D eigenvalue weighted by Crippen LogP contribution is -2.38.